The lowest BCUT2D eigenvalue weighted by molar-refractivity contribution is -0.137. The maximum absolute atomic E-state index is 11.2. The van der Waals surface area contributed by atoms with Crippen molar-refractivity contribution in [2.75, 3.05) is 0 Å². The van der Waals surface area contributed by atoms with Crippen LogP contribution in [-0.4, -0.2) is 5.97 Å². The minimum Gasteiger partial charge on any atom is -0.431 e. The fraction of sp³-hybridized carbons (Fsp3) is 0.389. The molecule has 2 nitrogen and oxygen atoms in total. The van der Waals surface area contributed by atoms with E-state index in [2.05, 4.69) is 39.0 Å². The van der Waals surface area contributed by atoms with Gasteiger partial charge in [-0.3, -0.25) is 4.79 Å². The SMILES string of the molecule is CC(=O)OC1=CC(c2ccccc2)C=C(C(C)(C)C)C1. The number of esters is 1. The Hall–Kier alpha value is -1.83. The van der Waals surface area contributed by atoms with Gasteiger partial charge in [0.25, 0.3) is 0 Å². The van der Waals surface area contributed by atoms with E-state index in [0.29, 0.717) is 6.42 Å². The van der Waals surface area contributed by atoms with Gasteiger partial charge in [-0.05, 0) is 17.1 Å². The van der Waals surface area contributed by atoms with Crippen molar-refractivity contribution >= 4 is 5.97 Å². The van der Waals surface area contributed by atoms with Crippen molar-refractivity contribution in [3.8, 4) is 0 Å². The number of benzene rings is 1. The Morgan fingerprint density at radius 1 is 1.15 bits per heavy atom. The Morgan fingerprint density at radius 3 is 2.35 bits per heavy atom. The molecule has 0 aliphatic heterocycles. The Morgan fingerprint density at radius 2 is 1.80 bits per heavy atom. The Labute approximate surface area is 121 Å². The molecule has 0 saturated heterocycles. The average molecular weight is 270 g/mol. The average Bonchev–Trinajstić information content (AvgIpc) is 2.37. The predicted molar refractivity (Wildman–Crippen MR) is 81.2 cm³/mol. The van der Waals surface area contributed by atoms with Crippen molar-refractivity contribution in [1.29, 1.82) is 0 Å². The van der Waals surface area contributed by atoms with E-state index in [4.69, 9.17) is 4.74 Å². The molecule has 1 unspecified atom stereocenters. The highest BCUT2D eigenvalue weighted by Crippen LogP contribution is 2.38. The normalized spacial score (nSPS) is 19.1. The standard InChI is InChI=1S/C18H22O2/c1-13(19)20-17-11-15(14-8-6-5-7-9-14)10-16(12-17)18(2,3)4/h5-11,15H,12H2,1-4H3. The first kappa shape index (κ1) is 14.6. The molecule has 106 valence electrons. The van der Waals surface area contributed by atoms with Gasteiger partial charge in [0.05, 0.1) is 0 Å². The maximum atomic E-state index is 11.2. The van der Waals surface area contributed by atoms with Crippen LogP contribution in [0.4, 0.5) is 0 Å². The van der Waals surface area contributed by atoms with Crippen LogP contribution in [0.15, 0.2) is 53.8 Å². The number of ether oxygens (including phenoxy) is 1. The Bertz CT molecular complexity index is 545. The maximum Gasteiger partial charge on any atom is 0.307 e. The molecule has 1 atom stereocenters. The van der Waals surface area contributed by atoms with Crippen LogP contribution in [-0.2, 0) is 9.53 Å². The minimum absolute atomic E-state index is 0.0761. The first-order chi connectivity index (χ1) is 9.36. The molecule has 2 heteroatoms. The molecule has 20 heavy (non-hydrogen) atoms. The summed E-state index contributed by atoms with van der Waals surface area (Å²) < 4.78 is 5.35. The van der Waals surface area contributed by atoms with E-state index in [1.165, 1.54) is 18.1 Å². The van der Waals surface area contributed by atoms with E-state index in [-0.39, 0.29) is 17.3 Å². The van der Waals surface area contributed by atoms with E-state index in [1.807, 2.05) is 24.3 Å². The number of rotatable bonds is 2. The summed E-state index contributed by atoms with van der Waals surface area (Å²) in [6.07, 6.45) is 5.06. The third-order valence-corrected chi connectivity index (χ3v) is 3.53. The molecule has 0 N–H and O–H groups in total. The van der Waals surface area contributed by atoms with Gasteiger partial charge in [0.2, 0.25) is 0 Å². The number of allylic oxidation sites excluding steroid dienone is 3. The second-order valence-corrected chi connectivity index (χ2v) is 6.28. The van der Waals surface area contributed by atoms with Crippen LogP contribution < -0.4 is 0 Å². The van der Waals surface area contributed by atoms with Crippen LogP contribution in [0.25, 0.3) is 0 Å². The predicted octanol–water partition coefficient (Wildman–Crippen LogP) is 4.59. The van der Waals surface area contributed by atoms with Gasteiger partial charge in [0, 0.05) is 19.3 Å². The quantitative estimate of drug-likeness (QED) is 0.580. The van der Waals surface area contributed by atoms with Gasteiger partial charge in [0.1, 0.15) is 5.76 Å². The molecule has 0 heterocycles. The summed E-state index contributed by atoms with van der Waals surface area (Å²) in [6.45, 7) is 8.03. The monoisotopic (exact) mass is 270 g/mol. The molecule has 0 radical (unpaired) electrons. The molecule has 1 aromatic rings. The highest BCUT2D eigenvalue weighted by atomic mass is 16.5. The smallest absolute Gasteiger partial charge is 0.307 e. The molecule has 0 spiro atoms. The summed E-state index contributed by atoms with van der Waals surface area (Å²) in [7, 11) is 0. The van der Waals surface area contributed by atoms with Crippen molar-refractivity contribution in [3.05, 3.63) is 59.4 Å². The highest BCUT2D eigenvalue weighted by molar-refractivity contribution is 5.67. The number of carbonyl (C=O) groups is 1. The molecule has 1 aliphatic carbocycles. The molecule has 1 aromatic carbocycles. The third-order valence-electron chi connectivity index (χ3n) is 3.53. The van der Waals surface area contributed by atoms with E-state index in [9.17, 15) is 4.79 Å². The van der Waals surface area contributed by atoms with Crippen LogP contribution in [0.1, 0.15) is 45.6 Å². The van der Waals surface area contributed by atoms with Gasteiger partial charge in [-0.2, -0.15) is 0 Å². The molecule has 0 bridgehead atoms. The first-order valence-corrected chi connectivity index (χ1v) is 7.01. The lowest BCUT2D eigenvalue weighted by atomic mass is 9.78. The van der Waals surface area contributed by atoms with Gasteiger partial charge < -0.3 is 4.74 Å². The minimum atomic E-state index is -0.252. The summed E-state index contributed by atoms with van der Waals surface area (Å²) in [6, 6.07) is 10.3. The molecule has 0 fully saturated rings. The summed E-state index contributed by atoms with van der Waals surface area (Å²) in [5.41, 5.74) is 2.61. The van der Waals surface area contributed by atoms with E-state index in [1.54, 1.807) is 0 Å². The Kier molecular flexibility index (Phi) is 4.12. The van der Waals surface area contributed by atoms with Crippen molar-refractivity contribution < 1.29 is 9.53 Å². The van der Waals surface area contributed by atoms with Gasteiger partial charge in [0.15, 0.2) is 0 Å². The molecule has 0 saturated carbocycles. The van der Waals surface area contributed by atoms with E-state index >= 15 is 0 Å². The lowest BCUT2D eigenvalue weighted by Gasteiger charge is -2.29. The van der Waals surface area contributed by atoms with Gasteiger partial charge in [-0.1, -0.05) is 62.8 Å². The second kappa shape index (κ2) is 5.66. The molecular formula is C18H22O2. The summed E-state index contributed by atoms with van der Waals surface area (Å²) in [5.74, 6) is 0.686. The van der Waals surface area contributed by atoms with Gasteiger partial charge >= 0.3 is 5.97 Å². The first-order valence-electron chi connectivity index (χ1n) is 7.01. The Balaban J connectivity index is 2.36. The highest BCUT2D eigenvalue weighted by Gasteiger charge is 2.25. The van der Waals surface area contributed by atoms with Crippen LogP contribution in [0, 0.1) is 5.41 Å². The molecule has 0 amide bonds. The fourth-order valence-electron chi connectivity index (χ4n) is 2.41. The van der Waals surface area contributed by atoms with Crippen molar-refractivity contribution in [2.45, 2.75) is 40.0 Å². The molecule has 1 aliphatic rings. The molecule has 0 aromatic heterocycles. The summed E-state index contributed by atoms with van der Waals surface area (Å²) in [4.78, 5) is 11.2. The zero-order valence-electron chi connectivity index (χ0n) is 12.6. The largest absolute Gasteiger partial charge is 0.431 e. The number of hydrogen-bond acceptors (Lipinski definition) is 2. The summed E-state index contributed by atoms with van der Waals surface area (Å²) >= 11 is 0. The van der Waals surface area contributed by atoms with Crippen LogP contribution >= 0.6 is 0 Å². The van der Waals surface area contributed by atoms with E-state index < -0.39 is 0 Å². The molecule has 2 rings (SSSR count). The topological polar surface area (TPSA) is 26.3 Å². The second-order valence-electron chi connectivity index (χ2n) is 6.28. The van der Waals surface area contributed by atoms with Crippen molar-refractivity contribution in [2.24, 2.45) is 5.41 Å². The summed E-state index contributed by atoms with van der Waals surface area (Å²) in [5, 5.41) is 0. The van der Waals surface area contributed by atoms with Crippen molar-refractivity contribution in [3.63, 3.8) is 0 Å². The van der Waals surface area contributed by atoms with Crippen molar-refractivity contribution in [1.82, 2.24) is 0 Å². The zero-order valence-corrected chi connectivity index (χ0v) is 12.6. The van der Waals surface area contributed by atoms with Gasteiger partial charge in [-0.15, -0.1) is 0 Å². The lowest BCUT2D eigenvalue weighted by Crippen LogP contribution is -2.16. The van der Waals surface area contributed by atoms with Crippen LogP contribution in [0.2, 0.25) is 0 Å². The van der Waals surface area contributed by atoms with Crippen LogP contribution in [0.3, 0.4) is 0 Å². The number of carbonyl (C=O) groups excluding carboxylic acids is 1. The molecular weight excluding hydrogens is 248 g/mol. The zero-order chi connectivity index (χ0) is 14.8. The number of hydrogen-bond donors (Lipinski definition) is 0. The third kappa shape index (κ3) is 3.60. The fourth-order valence-corrected chi connectivity index (χ4v) is 2.41. The van der Waals surface area contributed by atoms with E-state index in [0.717, 1.165) is 5.76 Å². The van der Waals surface area contributed by atoms with Crippen LogP contribution in [0.5, 0.6) is 0 Å². The van der Waals surface area contributed by atoms with Gasteiger partial charge in [-0.25, -0.2) is 0 Å².